The minimum atomic E-state index is -0.0859. The number of nitrogens with one attached hydrogen (secondary N) is 2. The monoisotopic (exact) mass is 319 g/mol. The number of benzene rings is 2. The van der Waals surface area contributed by atoms with Crippen molar-refractivity contribution in [2.75, 3.05) is 5.32 Å². The zero-order chi connectivity index (χ0) is 16.8. The summed E-state index contributed by atoms with van der Waals surface area (Å²) >= 11 is 0. The number of H-pyrrole nitrogens is 1. The lowest BCUT2D eigenvalue weighted by molar-refractivity contribution is -0.116. The smallest absolute Gasteiger partial charge is 0.224 e. The number of rotatable bonds is 3. The quantitative estimate of drug-likeness (QED) is 0.604. The Bertz CT molecular complexity index is 985. The second-order valence-electron chi connectivity index (χ2n) is 6.50. The number of ketones is 1. The molecule has 0 saturated carbocycles. The van der Waals surface area contributed by atoms with Crippen LogP contribution in [0.5, 0.6) is 0 Å². The molecule has 0 radical (unpaired) electrons. The summed E-state index contributed by atoms with van der Waals surface area (Å²) in [4.78, 5) is 25.2. The lowest BCUT2D eigenvalue weighted by Crippen LogP contribution is -2.18. The van der Waals surface area contributed by atoms with E-state index in [1.54, 1.807) is 12.1 Å². The summed E-state index contributed by atoms with van der Waals surface area (Å²) in [6, 6.07) is 11.0. The number of nitrogens with zero attached hydrogens (tertiary/aromatic N) is 1. The van der Waals surface area contributed by atoms with Crippen molar-refractivity contribution >= 4 is 28.3 Å². The van der Waals surface area contributed by atoms with E-state index in [1.807, 2.05) is 38.1 Å². The first kappa shape index (κ1) is 14.6. The van der Waals surface area contributed by atoms with Gasteiger partial charge in [0.15, 0.2) is 5.78 Å². The van der Waals surface area contributed by atoms with E-state index in [0.29, 0.717) is 23.2 Å². The van der Waals surface area contributed by atoms with Crippen LogP contribution in [0, 0.1) is 5.92 Å². The summed E-state index contributed by atoms with van der Waals surface area (Å²) < 4.78 is 0. The molecule has 2 aromatic carbocycles. The lowest BCUT2D eigenvalue weighted by Gasteiger charge is -2.19. The maximum absolute atomic E-state index is 13.0. The maximum atomic E-state index is 13.0. The average Bonchev–Trinajstić information content (AvgIpc) is 2.96. The Morgan fingerprint density at radius 3 is 2.71 bits per heavy atom. The van der Waals surface area contributed by atoms with Crippen LogP contribution in [0.1, 0.15) is 36.2 Å². The predicted molar refractivity (Wildman–Crippen MR) is 93.0 cm³/mol. The first-order valence-electron chi connectivity index (χ1n) is 8.01. The van der Waals surface area contributed by atoms with Gasteiger partial charge in [0.2, 0.25) is 5.91 Å². The van der Waals surface area contributed by atoms with E-state index in [9.17, 15) is 9.59 Å². The molecule has 24 heavy (non-hydrogen) atoms. The number of hydrogen-bond acceptors (Lipinski definition) is 3. The van der Waals surface area contributed by atoms with Crippen molar-refractivity contribution in [2.45, 2.75) is 20.3 Å². The van der Waals surface area contributed by atoms with Crippen LogP contribution in [0.25, 0.3) is 22.2 Å². The summed E-state index contributed by atoms with van der Waals surface area (Å²) in [5.74, 6) is 0.0918. The van der Waals surface area contributed by atoms with Crippen LogP contribution >= 0.6 is 0 Å². The standard InChI is InChI=1S/C19H17N3O2/c1-10(2)9-15(23)20-13-7-3-5-11-17(13)19(24)12-6-4-8-14-16(12)18(11)22-21-14/h3-8,10H,9H2,1-2H3,(H,20,23)(H,21,22). The summed E-state index contributed by atoms with van der Waals surface area (Å²) in [5.41, 5.74) is 4.04. The number of hydrogen-bond donors (Lipinski definition) is 2. The molecular formula is C19H17N3O2. The van der Waals surface area contributed by atoms with Crippen molar-refractivity contribution in [3.05, 3.63) is 47.5 Å². The molecule has 1 amide bonds. The maximum Gasteiger partial charge on any atom is 0.224 e. The number of carbonyl (C=O) groups is 2. The Hall–Kier alpha value is -2.95. The van der Waals surface area contributed by atoms with Gasteiger partial charge < -0.3 is 5.32 Å². The highest BCUT2D eigenvalue weighted by Gasteiger charge is 2.29. The summed E-state index contributed by atoms with van der Waals surface area (Å²) in [7, 11) is 0. The van der Waals surface area contributed by atoms with Gasteiger partial charge in [-0.2, -0.15) is 5.10 Å². The molecule has 0 atom stereocenters. The molecule has 4 rings (SSSR count). The Morgan fingerprint density at radius 2 is 1.92 bits per heavy atom. The van der Waals surface area contributed by atoms with Crippen molar-refractivity contribution in [3.8, 4) is 11.3 Å². The molecular weight excluding hydrogens is 302 g/mol. The van der Waals surface area contributed by atoms with Gasteiger partial charge in [0, 0.05) is 22.9 Å². The van der Waals surface area contributed by atoms with E-state index >= 15 is 0 Å². The molecule has 0 fully saturated rings. The fraction of sp³-hybridized carbons (Fsp3) is 0.211. The van der Waals surface area contributed by atoms with Gasteiger partial charge >= 0.3 is 0 Å². The first-order chi connectivity index (χ1) is 11.6. The SMILES string of the molecule is CC(C)CC(=O)Nc1cccc2c1C(=O)c1cccc3[nH]nc-2c13. The molecule has 3 aromatic rings. The summed E-state index contributed by atoms with van der Waals surface area (Å²) in [5, 5.41) is 11.1. The van der Waals surface area contributed by atoms with Crippen molar-refractivity contribution < 1.29 is 9.59 Å². The van der Waals surface area contributed by atoms with E-state index < -0.39 is 0 Å². The molecule has 1 aromatic heterocycles. The molecule has 1 aliphatic rings. The highest BCUT2D eigenvalue weighted by molar-refractivity contribution is 6.27. The second kappa shape index (κ2) is 5.30. The number of anilines is 1. The van der Waals surface area contributed by atoms with Crippen LogP contribution in [0.4, 0.5) is 5.69 Å². The normalized spacial score (nSPS) is 12.5. The first-order valence-corrected chi connectivity index (χ1v) is 8.01. The third-order valence-corrected chi connectivity index (χ3v) is 4.25. The molecule has 1 heterocycles. The van der Waals surface area contributed by atoms with Gasteiger partial charge in [0.25, 0.3) is 0 Å². The van der Waals surface area contributed by atoms with Crippen LogP contribution in [-0.2, 0) is 4.79 Å². The Morgan fingerprint density at radius 1 is 1.17 bits per heavy atom. The van der Waals surface area contributed by atoms with E-state index in [4.69, 9.17) is 0 Å². The zero-order valence-electron chi connectivity index (χ0n) is 13.5. The molecule has 2 N–H and O–H groups in total. The molecule has 0 aliphatic heterocycles. The van der Waals surface area contributed by atoms with Gasteiger partial charge in [-0.25, -0.2) is 0 Å². The Kier molecular flexibility index (Phi) is 3.23. The highest BCUT2D eigenvalue weighted by Crippen LogP contribution is 2.40. The molecule has 1 aliphatic carbocycles. The van der Waals surface area contributed by atoms with Crippen molar-refractivity contribution in [1.82, 2.24) is 10.2 Å². The fourth-order valence-electron chi connectivity index (χ4n) is 3.26. The average molecular weight is 319 g/mol. The van der Waals surface area contributed by atoms with E-state index in [-0.39, 0.29) is 17.6 Å². The van der Waals surface area contributed by atoms with Gasteiger partial charge in [-0.05, 0) is 18.1 Å². The van der Waals surface area contributed by atoms with Gasteiger partial charge in [0.1, 0.15) is 5.69 Å². The third kappa shape index (κ3) is 2.12. The molecule has 0 spiro atoms. The Labute approximate surface area is 139 Å². The summed E-state index contributed by atoms with van der Waals surface area (Å²) in [6.45, 7) is 3.98. The number of amides is 1. The van der Waals surface area contributed by atoms with Gasteiger partial charge in [-0.3, -0.25) is 14.7 Å². The molecule has 0 unspecified atom stereocenters. The highest BCUT2D eigenvalue weighted by atomic mass is 16.1. The molecule has 5 nitrogen and oxygen atoms in total. The third-order valence-electron chi connectivity index (χ3n) is 4.25. The largest absolute Gasteiger partial charge is 0.325 e. The predicted octanol–water partition coefficient (Wildman–Crippen LogP) is 3.76. The number of aromatic amines is 1. The lowest BCUT2D eigenvalue weighted by atomic mass is 9.86. The number of fused-ring (bicyclic) bond motifs is 2. The second-order valence-corrected chi connectivity index (χ2v) is 6.50. The molecule has 0 bridgehead atoms. The van der Waals surface area contributed by atoms with Gasteiger partial charge in [-0.15, -0.1) is 0 Å². The molecule has 0 saturated heterocycles. The van der Waals surface area contributed by atoms with Crippen LogP contribution in [0.3, 0.4) is 0 Å². The van der Waals surface area contributed by atoms with Gasteiger partial charge in [-0.1, -0.05) is 38.1 Å². The van der Waals surface area contributed by atoms with Gasteiger partial charge in [0.05, 0.1) is 16.8 Å². The minimum Gasteiger partial charge on any atom is -0.325 e. The van der Waals surface area contributed by atoms with Crippen molar-refractivity contribution in [3.63, 3.8) is 0 Å². The topological polar surface area (TPSA) is 74.8 Å². The minimum absolute atomic E-state index is 0.0788. The van der Waals surface area contributed by atoms with Crippen LogP contribution in [-0.4, -0.2) is 21.9 Å². The van der Waals surface area contributed by atoms with E-state index in [0.717, 1.165) is 22.2 Å². The van der Waals surface area contributed by atoms with Crippen LogP contribution in [0.2, 0.25) is 0 Å². The van der Waals surface area contributed by atoms with Crippen molar-refractivity contribution in [2.24, 2.45) is 5.92 Å². The fourth-order valence-corrected chi connectivity index (χ4v) is 3.26. The summed E-state index contributed by atoms with van der Waals surface area (Å²) in [6.07, 6.45) is 0.418. The van der Waals surface area contributed by atoms with E-state index in [1.165, 1.54) is 0 Å². The Balaban J connectivity index is 1.87. The van der Waals surface area contributed by atoms with Crippen molar-refractivity contribution in [1.29, 1.82) is 0 Å². The van der Waals surface area contributed by atoms with E-state index in [2.05, 4.69) is 15.5 Å². The van der Waals surface area contributed by atoms with Crippen LogP contribution in [0.15, 0.2) is 36.4 Å². The molecule has 120 valence electrons. The zero-order valence-corrected chi connectivity index (χ0v) is 13.5. The van der Waals surface area contributed by atoms with Crippen LogP contribution < -0.4 is 5.32 Å². The number of carbonyl (C=O) groups excluding carboxylic acids is 2. The molecule has 5 heteroatoms. The number of aromatic nitrogens is 2.